The van der Waals surface area contributed by atoms with Gasteiger partial charge in [0.15, 0.2) is 0 Å². The van der Waals surface area contributed by atoms with Crippen molar-refractivity contribution in [1.82, 2.24) is 15.1 Å². The van der Waals surface area contributed by atoms with Gasteiger partial charge in [-0.3, -0.25) is 4.90 Å². The molecule has 2 unspecified atom stereocenters. The van der Waals surface area contributed by atoms with E-state index in [9.17, 15) is 0 Å². The molecule has 0 aromatic heterocycles. The molecular weight excluding hydrogens is 186 g/mol. The molecule has 0 saturated carbocycles. The Hall–Kier alpha value is -0.120. The Kier molecular flexibility index (Phi) is 5.58. The SMILES string of the molecule is CCCCC(NC)C1CN(C)CCN1C. The molecule has 0 aliphatic carbocycles. The fraction of sp³-hybridized carbons (Fsp3) is 1.00. The first-order valence-corrected chi connectivity index (χ1v) is 6.25. The molecule has 2 atom stereocenters. The van der Waals surface area contributed by atoms with Crippen LogP contribution in [-0.4, -0.2) is 62.7 Å². The van der Waals surface area contributed by atoms with E-state index in [0.29, 0.717) is 12.1 Å². The number of hydrogen-bond donors (Lipinski definition) is 1. The fourth-order valence-electron chi connectivity index (χ4n) is 2.43. The van der Waals surface area contributed by atoms with Gasteiger partial charge in [-0.15, -0.1) is 0 Å². The van der Waals surface area contributed by atoms with Crippen LogP contribution in [0.15, 0.2) is 0 Å². The first-order valence-electron chi connectivity index (χ1n) is 6.25. The van der Waals surface area contributed by atoms with E-state index in [0.717, 1.165) is 0 Å². The summed E-state index contributed by atoms with van der Waals surface area (Å²) in [6, 6.07) is 1.33. The summed E-state index contributed by atoms with van der Waals surface area (Å²) in [4.78, 5) is 4.96. The normalized spacial score (nSPS) is 26.8. The summed E-state index contributed by atoms with van der Waals surface area (Å²) in [5.41, 5.74) is 0. The molecule has 3 heteroatoms. The predicted octanol–water partition coefficient (Wildman–Crippen LogP) is 1.01. The molecule has 15 heavy (non-hydrogen) atoms. The van der Waals surface area contributed by atoms with Crippen molar-refractivity contribution < 1.29 is 0 Å². The Balaban J connectivity index is 2.48. The third-order valence-corrected chi connectivity index (χ3v) is 3.60. The molecule has 0 radical (unpaired) electrons. The highest BCUT2D eigenvalue weighted by Crippen LogP contribution is 2.14. The predicted molar refractivity (Wildman–Crippen MR) is 66.3 cm³/mol. The van der Waals surface area contributed by atoms with Crippen molar-refractivity contribution in [3.05, 3.63) is 0 Å². The summed E-state index contributed by atoms with van der Waals surface area (Å²) in [5.74, 6) is 0. The van der Waals surface area contributed by atoms with Crippen molar-refractivity contribution in [2.75, 3.05) is 40.8 Å². The molecule has 90 valence electrons. The summed E-state index contributed by atoms with van der Waals surface area (Å²) in [6.07, 6.45) is 3.93. The second-order valence-corrected chi connectivity index (χ2v) is 4.85. The van der Waals surface area contributed by atoms with Gasteiger partial charge in [0.2, 0.25) is 0 Å². The van der Waals surface area contributed by atoms with Crippen LogP contribution in [0.2, 0.25) is 0 Å². The Morgan fingerprint density at radius 3 is 2.67 bits per heavy atom. The number of rotatable bonds is 5. The van der Waals surface area contributed by atoms with Gasteiger partial charge in [0.05, 0.1) is 0 Å². The van der Waals surface area contributed by atoms with Crippen LogP contribution in [0.1, 0.15) is 26.2 Å². The molecule has 0 amide bonds. The number of piperazine rings is 1. The molecule has 0 aromatic carbocycles. The van der Waals surface area contributed by atoms with E-state index in [1.165, 1.54) is 38.9 Å². The number of unbranched alkanes of at least 4 members (excludes halogenated alkanes) is 1. The smallest absolute Gasteiger partial charge is 0.0373 e. The number of nitrogens with one attached hydrogen (secondary N) is 1. The van der Waals surface area contributed by atoms with E-state index < -0.39 is 0 Å². The maximum atomic E-state index is 3.49. The van der Waals surface area contributed by atoms with Crippen molar-refractivity contribution in [3.63, 3.8) is 0 Å². The lowest BCUT2D eigenvalue weighted by molar-refractivity contribution is 0.0868. The molecule has 1 aliphatic rings. The van der Waals surface area contributed by atoms with E-state index in [4.69, 9.17) is 0 Å². The Morgan fingerprint density at radius 1 is 1.33 bits per heavy atom. The van der Waals surface area contributed by atoms with Crippen molar-refractivity contribution in [1.29, 1.82) is 0 Å². The van der Waals surface area contributed by atoms with Crippen molar-refractivity contribution in [3.8, 4) is 0 Å². The van der Waals surface area contributed by atoms with E-state index in [-0.39, 0.29) is 0 Å². The van der Waals surface area contributed by atoms with Crippen molar-refractivity contribution >= 4 is 0 Å². The molecule has 3 nitrogen and oxygen atoms in total. The number of nitrogens with zero attached hydrogens (tertiary/aromatic N) is 2. The maximum absolute atomic E-state index is 3.49. The van der Waals surface area contributed by atoms with E-state index in [1.807, 2.05) is 0 Å². The summed E-state index contributed by atoms with van der Waals surface area (Å²) < 4.78 is 0. The molecule has 1 fully saturated rings. The molecule has 1 saturated heterocycles. The van der Waals surface area contributed by atoms with E-state index >= 15 is 0 Å². The molecule has 1 rings (SSSR count). The quantitative estimate of drug-likeness (QED) is 0.735. The third-order valence-electron chi connectivity index (χ3n) is 3.60. The zero-order chi connectivity index (χ0) is 11.3. The topological polar surface area (TPSA) is 18.5 Å². The zero-order valence-corrected chi connectivity index (χ0v) is 10.8. The summed E-state index contributed by atoms with van der Waals surface area (Å²) in [5, 5.41) is 3.49. The van der Waals surface area contributed by atoms with Gasteiger partial charge in [0.25, 0.3) is 0 Å². The second kappa shape index (κ2) is 6.46. The van der Waals surface area contributed by atoms with Crippen LogP contribution in [0, 0.1) is 0 Å². The highest BCUT2D eigenvalue weighted by molar-refractivity contribution is 4.87. The van der Waals surface area contributed by atoms with Crippen LogP contribution < -0.4 is 5.32 Å². The third kappa shape index (κ3) is 3.74. The fourth-order valence-corrected chi connectivity index (χ4v) is 2.43. The van der Waals surface area contributed by atoms with Gasteiger partial charge in [-0.05, 0) is 27.6 Å². The van der Waals surface area contributed by atoms with Gasteiger partial charge in [0.1, 0.15) is 0 Å². The average Bonchev–Trinajstić information content (AvgIpc) is 2.24. The first kappa shape index (κ1) is 12.9. The minimum Gasteiger partial charge on any atom is -0.315 e. The highest BCUT2D eigenvalue weighted by Gasteiger charge is 2.28. The Bertz CT molecular complexity index is 172. The van der Waals surface area contributed by atoms with Crippen LogP contribution in [-0.2, 0) is 0 Å². The second-order valence-electron chi connectivity index (χ2n) is 4.85. The molecular formula is C12H27N3. The largest absolute Gasteiger partial charge is 0.315 e. The van der Waals surface area contributed by atoms with Crippen LogP contribution in [0.4, 0.5) is 0 Å². The molecule has 1 aliphatic heterocycles. The summed E-state index contributed by atoms with van der Waals surface area (Å²) in [7, 11) is 6.59. The minimum atomic E-state index is 0.651. The number of hydrogen-bond acceptors (Lipinski definition) is 3. The lowest BCUT2D eigenvalue weighted by Gasteiger charge is -2.42. The average molecular weight is 213 g/mol. The van der Waals surface area contributed by atoms with Gasteiger partial charge < -0.3 is 10.2 Å². The molecule has 0 spiro atoms. The van der Waals surface area contributed by atoms with E-state index in [2.05, 4.69) is 43.2 Å². The van der Waals surface area contributed by atoms with Gasteiger partial charge in [-0.1, -0.05) is 19.8 Å². The lowest BCUT2D eigenvalue weighted by atomic mass is 9.99. The van der Waals surface area contributed by atoms with Crippen LogP contribution in [0.25, 0.3) is 0 Å². The summed E-state index contributed by atoms with van der Waals surface area (Å²) in [6.45, 7) is 5.87. The highest BCUT2D eigenvalue weighted by atomic mass is 15.3. The van der Waals surface area contributed by atoms with Gasteiger partial charge in [-0.2, -0.15) is 0 Å². The van der Waals surface area contributed by atoms with Gasteiger partial charge in [0, 0.05) is 31.7 Å². The maximum Gasteiger partial charge on any atom is 0.0373 e. The molecule has 0 aromatic rings. The van der Waals surface area contributed by atoms with Gasteiger partial charge >= 0.3 is 0 Å². The van der Waals surface area contributed by atoms with Gasteiger partial charge in [-0.25, -0.2) is 0 Å². The molecule has 1 heterocycles. The van der Waals surface area contributed by atoms with E-state index in [1.54, 1.807) is 0 Å². The number of likely N-dealkylation sites (N-methyl/N-ethyl adjacent to an activating group) is 3. The first-order chi connectivity index (χ1) is 7.19. The molecule has 0 bridgehead atoms. The lowest BCUT2D eigenvalue weighted by Crippen LogP contribution is -2.58. The Morgan fingerprint density at radius 2 is 2.07 bits per heavy atom. The minimum absolute atomic E-state index is 0.651. The standard InChI is InChI=1S/C12H27N3/c1-5-6-7-11(13-2)12-10-14(3)8-9-15(12)4/h11-13H,5-10H2,1-4H3. The summed E-state index contributed by atoms with van der Waals surface area (Å²) >= 11 is 0. The zero-order valence-electron chi connectivity index (χ0n) is 10.8. The van der Waals surface area contributed by atoms with Crippen LogP contribution in [0.5, 0.6) is 0 Å². The van der Waals surface area contributed by atoms with Crippen molar-refractivity contribution in [2.24, 2.45) is 0 Å². The molecule has 1 N–H and O–H groups in total. The van der Waals surface area contributed by atoms with Crippen LogP contribution >= 0.6 is 0 Å². The Labute approximate surface area is 94.8 Å². The van der Waals surface area contributed by atoms with Crippen LogP contribution in [0.3, 0.4) is 0 Å². The monoisotopic (exact) mass is 213 g/mol. The van der Waals surface area contributed by atoms with Crippen molar-refractivity contribution in [2.45, 2.75) is 38.3 Å².